The number of nitrogens with one attached hydrogen (secondary N) is 1. The average Bonchev–Trinajstić information content (AvgIpc) is 3.37. The van der Waals surface area contributed by atoms with E-state index in [4.69, 9.17) is 19.6 Å². The minimum Gasteiger partial charge on any atom is -0.383 e. The average molecular weight is 408 g/mol. The monoisotopic (exact) mass is 408 g/mol. The number of methoxy groups -OCH3 is 1. The van der Waals surface area contributed by atoms with E-state index >= 15 is 0 Å². The molecule has 0 spiro atoms. The van der Waals surface area contributed by atoms with Gasteiger partial charge in [0.25, 0.3) is 0 Å². The minimum absolute atomic E-state index is 0.334. The van der Waals surface area contributed by atoms with Crippen molar-refractivity contribution in [2.75, 3.05) is 32.2 Å². The molecule has 0 unspecified atom stereocenters. The second-order valence-corrected chi connectivity index (χ2v) is 7.47. The Bertz CT molecular complexity index is 1180. The van der Waals surface area contributed by atoms with Crippen molar-refractivity contribution in [1.29, 1.82) is 0 Å². The molecule has 1 aliphatic rings. The van der Waals surface area contributed by atoms with Crippen LogP contribution in [0.2, 0.25) is 0 Å². The highest BCUT2D eigenvalue weighted by molar-refractivity contribution is 5.79. The van der Waals surface area contributed by atoms with Crippen LogP contribution in [0, 0.1) is 6.92 Å². The molecule has 10 heteroatoms. The van der Waals surface area contributed by atoms with Crippen LogP contribution in [0.5, 0.6) is 0 Å². The lowest BCUT2D eigenvalue weighted by atomic mass is 9.96. The predicted molar refractivity (Wildman–Crippen MR) is 111 cm³/mol. The first-order valence-electron chi connectivity index (χ1n) is 10.1. The number of fused-ring (bicyclic) bond motifs is 2. The lowest BCUT2D eigenvalue weighted by Gasteiger charge is -2.20. The summed E-state index contributed by atoms with van der Waals surface area (Å²) in [5.74, 6) is 0.866. The molecule has 0 aromatic carbocycles. The first-order valence-corrected chi connectivity index (χ1v) is 10.1. The standard InChI is InChI=1S/C20H24N8O2/c1-13-9-17-22-12-23-28(17)11-15(13)24-20-21-10-16-19(25-20)18(14-3-6-30-7-4-14)26-27(16)5-8-29-2/h9-12,14H,3-8H2,1-2H3,(H,21,24,25). The molecule has 1 aliphatic heterocycles. The van der Waals surface area contributed by atoms with E-state index in [0.717, 1.165) is 59.7 Å². The molecule has 1 fully saturated rings. The largest absolute Gasteiger partial charge is 0.383 e. The van der Waals surface area contributed by atoms with Crippen LogP contribution in [0.1, 0.15) is 30.0 Å². The van der Waals surface area contributed by atoms with Gasteiger partial charge in [-0.15, -0.1) is 0 Å². The number of rotatable bonds is 6. The topological polar surface area (TPSA) is 104 Å². The van der Waals surface area contributed by atoms with Gasteiger partial charge < -0.3 is 14.8 Å². The van der Waals surface area contributed by atoms with E-state index in [-0.39, 0.29) is 0 Å². The molecule has 0 aliphatic carbocycles. The van der Waals surface area contributed by atoms with Crippen molar-refractivity contribution in [3.8, 4) is 0 Å². The molecule has 0 bridgehead atoms. The summed E-state index contributed by atoms with van der Waals surface area (Å²) in [6.45, 7) is 4.77. The van der Waals surface area contributed by atoms with E-state index in [1.54, 1.807) is 11.6 Å². The Hall–Kier alpha value is -3.11. The number of aromatic nitrogens is 7. The second kappa shape index (κ2) is 7.96. The van der Waals surface area contributed by atoms with Gasteiger partial charge in [0, 0.05) is 26.2 Å². The molecule has 0 atom stereocenters. The molecule has 0 saturated carbocycles. The van der Waals surface area contributed by atoms with Gasteiger partial charge in [-0.05, 0) is 31.4 Å². The van der Waals surface area contributed by atoms with Gasteiger partial charge in [-0.1, -0.05) is 0 Å². The van der Waals surface area contributed by atoms with Crippen LogP contribution in [0.25, 0.3) is 16.7 Å². The maximum atomic E-state index is 5.54. The Labute approximate surface area is 173 Å². The van der Waals surface area contributed by atoms with Crippen molar-refractivity contribution in [1.82, 2.24) is 34.3 Å². The highest BCUT2D eigenvalue weighted by Crippen LogP contribution is 2.31. The van der Waals surface area contributed by atoms with Gasteiger partial charge >= 0.3 is 0 Å². The summed E-state index contributed by atoms with van der Waals surface area (Å²) in [7, 11) is 1.69. The van der Waals surface area contributed by atoms with E-state index in [9.17, 15) is 0 Å². The van der Waals surface area contributed by atoms with Crippen LogP contribution in [-0.2, 0) is 16.0 Å². The first-order chi connectivity index (χ1) is 14.7. The van der Waals surface area contributed by atoms with Crippen LogP contribution in [-0.4, -0.2) is 61.3 Å². The molecule has 10 nitrogen and oxygen atoms in total. The Morgan fingerprint density at radius 1 is 1.27 bits per heavy atom. The van der Waals surface area contributed by atoms with Crippen LogP contribution in [0.15, 0.2) is 24.8 Å². The molecule has 5 rings (SSSR count). The number of aryl methyl sites for hydroxylation is 1. The number of hydrogen-bond acceptors (Lipinski definition) is 8. The van der Waals surface area contributed by atoms with Crippen molar-refractivity contribution in [2.45, 2.75) is 32.2 Å². The van der Waals surface area contributed by atoms with Crippen molar-refractivity contribution in [3.05, 3.63) is 36.0 Å². The summed E-state index contributed by atoms with van der Waals surface area (Å²) in [5, 5.41) is 12.4. The molecule has 0 amide bonds. The number of anilines is 2. The molecule has 156 valence electrons. The van der Waals surface area contributed by atoms with Gasteiger partial charge in [0.15, 0.2) is 5.65 Å². The predicted octanol–water partition coefficient (Wildman–Crippen LogP) is 2.46. The summed E-state index contributed by atoms with van der Waals surface area (Å²) >= 11 is 0. The molecule has 5 heterocycles. The number of ether oxygens (including phenoxy) is 2. The Morgan fingerprint density at radius 3 is 2.97 bits per heavy atom. The molecular formula is C20H24N8O2. The fourth-order valence-corrected chi connectivity index (χ4v) is 3.85. The van der Waals surface area contributed by atoms with E-state index in [2.05, 4.69) is 20.4 Å². The number of nitrogens with zero attached hydrogens (tertiary/aromatic N) is 7. The molecular weight excluding hydrogens is 384 g/mol. The van der Waals surface area contributed by atoms with E-state index < -0.39 is 0 Å². The van der Waals surface area contributed by atoms with Gasteiger partial charge in [0.1, 0.15) is 17.4 Å². The number of pyridine rings is 1. The van der Waals surface area contributed by atoms with Crippen LogP contribution in [0.3, 0.4) is 0 Å². The molecule has 0 radical (unpaired) electrons. The molecule has 4 aromatic heterocycles. The third kappa shape index (κ3) is 3.48. The Kier molecular flexibility index (Phi) is 5.01. The fraction of sp³-hybridized carbons (Fsp3) is 0.450. The van der Waals surface area contributed by atoms with Crippen LogP contribution < -0.4 is 5.32 Å². The minimum atomic E-state index is 0.334. The van der Waals surface area contributed by atoms with Crippen molar-refractivity contribution in [3.63, 3.8) is 0 Å². The van der Waals surface area contributed by atoms with Gasteiger partial charge in [-0.2, -0.15) is 10.2 Å². The lowest BCUT2D eigenvalue weighted by Crippen LogP contribution is -2.15. The third-order valence-electron chi connectivity index (χ3n) is 5.50. The maximum absolute atomic E-state index is 5.54. The normalized spacial score (nSPS) is 15.3. The van der Waals surface area contributed by atoms with Gasteiger partial charge in [0.2, 0.25) is 5.95 Å². The lowest BCUT2D eigenvalue weighted by molar-refractivity contribution is 0.0845. The van der Waals surface area contributed by atoms with Crippen molar-refractivity contribution in [2.24, 2.45) is 0 Å². The highest BCUT2D eigenvalue weighted by atomic mass is 16.5. The van der Waals surface area contributed by atoms with Crippen LogP contribution >= 0.6 is 0 Å². The molecule has 1 N–H and O–H groups in total. The molecule has 4 aromatic rings. The van der Waals surface area contributed by atoms with Gasteiger partial charge in [-0.3, -0.25) is 4.68 Å². The zero-order valence-corrected chi connectivity index (χ0v) is 17.1. The van der Waals surface area contributed by atoms with Crippen molar-refractivity contribution >= 4 is 28.3 Å². The third-order valence-corrected chi connectivity index (χ3v) is 5.50. The first kappa shape index (κ1) is 18.9. The molecule has 30 heavy (non-hydrogen) atoms. The van der Waals surface area contributed by atoms with Crippen molar-refractivity contribution < 1.29 is 9.47 Å². The van der Waals surface area contributed by atoms with E-state index in [1.807, 2.05) is 30.1 Å². The smallest absolute Gasteiger partial charge is 0.227 e. The Balaban J connectivity index is 1.53. The zero-order chi connectivity index (χ0) is 20.5. The zero-order valence-electron chi connectivity index (χ0n) is 17.1. The summed E-state index contributed by atoms with van der Waals surface area (Å²) in [6.07, 6.45) is 7.16. The summed E-state index contributed by atoms with van der Waals surface area (Å²) in [4.78, 5) is 13.6. The second-order valence-electron chi connectivity index (χ2n) is 7.47. The summed E-state index contributed by atoms with van der Waals surface area (Å²) in [5.41, 5.74) is 5.54. The Morgan fingerprint density at radius 2 is 2.13 bits per heavy atom. The fourth-order valence-electron chi connectivity index (χ4n) is 3.85. The van der Waals surface area contributed by atoms with E-state index in [1.165, 1.54) is 6.33 Å². The van der Waals surface area contributed by atoms with Gasteiger partial charge in [-0.25, -0.2) is 19.5 Å². The van der Waals surface area contributed by atoms with E-state index in [0.29, 0.717) is 25.0 Å². The number of hydrogen-bond donors (Lipinski definition) is 1. The molecule has 1 saturated heterocycles. The maximum Gasteiger partial charge on any atom is 0.227 e. The SMILES string of the molecule is COCCn1nc(C2CCOCC2)c2nc(Nc3cn4ncnc4cc3C)ncc21. The highest BCUT2D eigenvalue weighted by Gasteiger charge is 2.24. The quantitative estimate of drug-likeness (QED) is 0.519. The summed E-state index contributed by atoms with van der Waals surface area (Å²) in [6, 6.07) is 1.98. The summed E-state index contributed by atoms with van der Waals surface area (Å²) < 4.78 is 14.5. The van der Waals surface area contributed by atoms with Gasteiger partial charge in [0.05, 0.1) is 36.9 Å². The van der Waals surface area contributed by atoms with Crippen LogP contribution in [0.4, 0.5) is 11.6 Å².